The van der Waals surface area contributed by atoms with Crippen molar-refractivity contribution in [1.82, 2.24) is 5.32 Å². The van der Waals surface area contributed by atoms with Gasteiger partial charge in [-0.05, 0) is 50.5 Å². The topological polar surface area (TPSA) is 21.3 Å². The molecule has 0 aromatic heterocycles. The normalized spacial score (nSPS) is 13.8. The van der Waals surface area contributed by atoms with E-state index in [-0.39, 0.29) is 6.04 Å². The molecule has 0 bridgehead atoms. The van der Waals surface area contributed by atoms with Gasteiger partial charge in [-0.2, -0.15) is 0 Å². The highest BCUT2D eigenvalue weighted by Crippen LogP contribution is 2.28. The van der Waals surface area contributed by atoms with E-state index in [1.807, 2.05) is 0 Å². The number of hydrogen-bond acceptors (Lipinski definition) is 2. The second-order valence-corrected chi connectivity index (χ2v) is 5.71. The van der Waals surface area contributed by atoms with Crippen molar-refractivity contribution in [1.29, 1.82) is 0 Å². The maximum atomic E-state index is 5.52. The zero-order chi connectivity index (χ0) is 15.4. The molecule has 0 aliphatic heterocycles. The van der Waals surface area contributed by atoms with Gasteiger partial charge in [0.25, 0.3) is 0 Å². The van der Waals surface area contributed by atoms with Crippen LogP contribution in [0.5, 0.6) is 5.75 Å². The highest BCUT2D eigenvalue weighted by Gasteiger charge is 2.15. The van der Waals surface area contributed by atoms with Gasteiger partial charge in [-0.3, -0.25) is 0 Å². The van der Waals surface area contributed by atoms with Gasteiger partial charge >= 0.3 is 0 Å². The van der Waals surface area contributed by atoms with Gasteiger partial charge in [-0.25, -0.2) is 0 Å². The molecule has 1 unspecified atom stereocenters. The van der Waals surface area contributed by atoms with Crippen LogP contribution in [0.2, 0.25) is 0 Å². The molecule has 0 amide bonds. The second-order valence-electron chi connectivity index (χ2n) is 5.71. The second kappa shape index (κ2) is 6.77. The quantitative estimate of drug-likeness (QED) is 0.857. The molecule has 2 nitrogen and oxygen atoms in total. The number of hydrogen-bond donors (Lipinski definition) is 1. The SMILES string of the molecule is COc1cc(C)ccc1C(C)N[C@H](C)c1ccccc1C. The summed E-state index contributed by atoms with van der Waals surface area (Å²) in [6.45, 7) is 8.63. The zero-order valence-electron chi connectivity index (χ0n) is 13.6. The van der Waals surface area contributed by atoms with Crippen molar-refractivity contribution >= 4 is 0 Å². The van der Waals surface area contributed by atoms with Crippen molar-refractivity contribution in [2.24, 2.45) is 0 Å². The number of rotatable bonds is 5. The number of methoxy groups -OCH3 is 1. The van der Waals surface area contributed by atoms with Crippen LogP contribution in [0.4, 0.5) is 0 Å². The molecule has 2 atom stereocenters. The number of nitrogens with one attached hydrogen (secondary N) is 1. The Balaban J connectivity index is 2.18. The van der Waals surface area contributed by atoms with Gasteiger partial charge in [0, 0.05) is 17.6 Å². The van der Waals surface area contributed by atoms with E-state index in [0.717, 1.165) is 5.75 Å². The molecule has 2 rings (SSSR count). The molecule has 2 heteroatoms. The van der Waals surface area contributed by atoms with Gasteiger partial charge < -0.3 is 10.1 Å². The summed E-state index contributed by atoms with van der Waals surface area (Å²) >= 11 is 0. The van der Waals surface area contributed by atoms with Crippen molar-refractivity contribution in [2.45, 2.75) is 39.8 Å². The lowest BCUT2D eigenvalue weighted by atomic mass is 9.99. The van der Waals surface area contributed by atoms with E-state index < -0.39 is 0 Å². The van der Waals surface area contributed by atoms with Crippen molar-refractivity contribution in [3.8, 4) is 5.75 Å². The molecule has 0 saturated heterocycles. The molecule has 0 aliphatic rings. The van der Waals surface area contributed by atoms with Crippen molar-refractivity contribution in [3.05, 3.63) is 64.7 Å². The van der Waals surface area contributed by atoms with Gasteiger partial charge in [0.05, 0.1) is 7.11 Å². The van der Waals surface area contributed by atoms with Gasteiger partial charge in [0.2, 0.25) is 0 Å². The summed E-state index contributed by atoms with van der Waals surface area (Å²) in [6, 6.07) is 15.4. The molecule has 0 spiro atoms. The van der Waals surface area contributed by atoms with E-state index in [0.29, 0.717) is 6.04 Å². The number of ether oxygens (including phenoxy) is 1. The van der Waals surface area contributed by atoms with Crippen molar-refractivity contribution in [3.63, 3.8) is 0 Å². The van der Waals surface area contributed by atoms with Crippen LogP contribution >= 0.6 is 0 Å². The highest BCUT2D eigenvalue weighted by atomic mass is 16.5. The minimum absolute atomic E-state index is 0.232. The van der Waals surface area contributed by atoms with Crippen LogP contribution in [0.15, 0.2) is 42.5 Å². The smallest absolute Gasteiger partial charge is 0.123 e. The lowest BCUT2D eigenvalue weighted by Gasteiger charge is -2.23. The third kappa shape index (κ3) is 3.64. The monoisotopic (exact) mass is 283 g/mol. The Kier molecular flexibility index (Phi) is 5.03. The summed E-state index contributed by atoms with van der Waals surface area (Å²) in [4.78, 5) is 0. The standard InChI is InChI=1S/C19H25NO/c1-13-10-11-18(19(12-13)21-5)16(4)20-15(3)17-9-7-6-8-14(17)2/h6-12,15-16,20H,1-5H3/t15-,16?/m1/s1. The lowest BCUT2D eigenvalue weighted by molar-refractivity contribution is 0.396. The summed E-state index contributed by atoms with van der Waals surface area (Å²) in [5.41, 5.74) is 5.08. The fraction of sp³-hybridized carbons (Fsp3) is 0.368. The minimum Gasteiger partial charge on any atom is -0.496 e. The molecule has 0 aliphatic carbocycles. The van der Waals surface area contributed by atoms with Crippen molar-refractivity contribution in [2.75, 3.05) is 7.11 Å². The molecule has 112 valence electrons. The van der Waals surface area contributed by atoms with Crippen LogP contribution in [0.1, 0.15) is 48.2 Å². The van der Waals surface area contributed by atoms with Crippen LogP contribution in [-0.2, 0) is 0 Å². The Morgan fingerprint density at radius 2 is 1.57 bits per heavy atom. The summed E-state index contributed by atoms with van der Waals surface area (Å²) in [6.07, 6.45) is 0. The van der Waals surface area contributed by atoms with Gasteiger partial charge in [-0.1, -0.05) is 36.4 Å². The minimum atomic E-state index is 0.232. The molecular formula is C19H25NO. The Morgan fingerprint density at radius 1 is 0.905 bits per heavy atom. The molecule has 2 aromatic rings. The Labute approximate surface area is 128 Å². The van der Waals surface area contributed by atoms with E-state index in [9.17, 15) is 0 Å². The van der Waals surface area contributed by atoms with Crippen LogP contribution in [0.25, 0.3) is 0 Å². The van der Waals surface area contributed by atoms with E-state index in [2.05, 4.69) is 75.5 Å². The zero-order valence-corrected chi connectivity index (χ0v) is 13.6. The van der Waals surface area contributed by atoms with Gasteiger partial charge in [0.1, 0.15) is 5.75 Å². The van der Waals surface area contributed by atoms with E-state index in [1.165, 1.54) is 22.3 Å². The van der Waals surface area contributed by atoms with Crippen LogP contribution < -0.4 is 10.1 Å². The molecule has 1 N–H and O–H groups in total. The van der Waals surface area contributed by atoms with Gasteiger partial charge in [0.15, 0.2) is 0 Å². The Hall–Kier alpha value is -1.80. The molecule has 0 fully saturated rings. The summed E-state index contributed by atoms with van der Waals surface area (Å²) in [7, 11) is 1.73. The first-order valence-electron chi connectivity index (χ1n) is 7.49. The number of aryl methyl sites for hydroxylation is 2. The largest absolute Gasteiger partial charge is 0.496 e. The fourth-order valence-corrected chi connectivity index (χ4v) is 2.80. The maximum absolute atomic E-state index is 5.52. The molecule has 0 saturated carbocycles. The number of benzene rings is 2. The molecule has 0 radical (unpaired) electrons. The summed E-state index contributed by atoms with van der Waals surface area (Å²) in [5, 5.41) is 3.67. The predicted molar refractivity (Wildman–Crippen MR) is 88.9 cm³/mol. The third-order valence-corrected chi connectivity index (χ3v) is 4.01. The van der Waals surface area contributed by atoms with E-state index in [1.54, 1.807) is 7.11 Å². The predicted octanol–water partition coefficient (Wildman–Crippen LogP) is 4.72. The molecular weight excluding hydrogens is 258 g/mol. The molecule has 0 heterocycles. The van der Waals surface area contributed by atoms with Crippen LogP contribution in [0, 0.1) is 13.8 Å². The van der Waals surface area contributed by atoms with Crippen molar-refractivity contribution < 1.29 is 4.74 Å². The fourth-order valence-electron chi connectivity index (χ4n) is 2.80. The molecule has 2 aromatic carbocycles. The summed E-state index contributed by atoms with van der Waals surface area (Å²) < 4.78 is 5.52. The van der Waals surface area contributed by atoms with Crippen LogP contribution in [0.3, 0.4) is 0 Å². The van der Waals surface area contributed by atoms with E-state index >= 15 is 0 Å². The lowest BCUT2D eigenvalue weighted by Crippen LogP contribution is -2.23. The maximum Gasteiger partial charge on any atom is 0.123 e. The first-order chi connectivity index (χ1) is 10.0. The highest BCUT2D eigenvalue weighted by molar-refractivity contribution is 5.39. The molecule has 21 heavy (non-hydrogen) atoms. The first-order valence-corrected chi connectivity index (χ1v) is 7.49. The van der Waals surface area contributed by atoms with E-state index in [4.69, 9.17) is 4.74 Å². The third-order valence-electron chi connectivity index (χ3n) is 4.01. The Morgan fingerprint density at radius 3 is 2.24 bits per heavy atom. The first kappa shape index (κ1) is 15.6. The summed E-state index contributed by atoms with van der Waals surface area (Å²) in [5.74, 6) is 0.951. The van der Waals surface area contributed by atoms with Gasteiger partial charge in [-0.15, -0.1) is 0 Å². The average molecular weight is 283 g/mol. The Bertz CT molecular complexity index is 606. The average Bonchev–Trinajstić information content (AvgIpc) is 2.47. The van der Waals surface area contributed by atoms with Crippen LogP contribution in [-0.4, -0.2) is 7.11 Å².